The van der Waals surface area contributed by atoms with Crippen LogP contribution in [-0.2, 0) is 20.6 Å². The molecule has 0 heterocycles. The van der Waals surface area contributed by atoms with Gasteiger partial charge in [0.2, 0.25) is 15.9 Å². The first-order chi connectivity index (χ1) is 8.34. The topological polar surface area (TPSA) is 113 Å². The second-order valence-electron chi connectivity index (χ2n) is 3.81. The molecule has 1 rings (SSSR count). The van der Waals surface area contributed by atoms with Crippen LogP contribution in [0.25, 0.3) is 0 Å². The summed E-state index contributed by atoms with van der Waals surface area (Å²) in [7, 11) is -3.63. The normalized spacial score (nSPS) is 12.7. The minimum Gasteiger partial charge on any atom is -0.368 e. The molecule has 0 bridgehead atoms. The Bertz CT molecular complexity index is 573. The number of sulfonamides is 1. The molecule has 0 saturated carbocycles. The van der Waals surface area contributed by atoms with Crippen LogP contribution in [-0.4, -0.2) is 20.4 Å². The summed E-state index contributed by atoms with van der Waals surface area (Å²) in [4.78, 5) is 10.8. The summed E-state index contributed by atoms with van der Waals surface area (Å²) in [6.07, 6.45) is 0. The van der Waals surface area contributed by atoms with E-state index in [0.717, 1.165) is 0 Å². The van der Waals surface area contributed by atoms with Crippen molar-refractivity contribution in [1.29, 1.82) is 5.26 Å². The summed E-state index contributed by atoms with van der Waals surface area (Å²) in [5.41, 5.74) is 5.95. The van der Waals surface area contributed by atoms with Crippen molar-refractivity contribution in [1.82, 2.24) is 4.72 Å². The fourth-order valence-corrected chi connectivity index (χ4v) is 2.63. The van der Waals surface area contributed by atoms with E-state index in [4.69, 9.17) is 11.0 Å². The maximum absolute atomic E-state index is 11.7. The molecular weight excluding hydrogens is 254 g/mol. The Morgan fingerprint density at radius 2 is 2.00 bits per heavy atom. The van der Waals surface area contributed by atoms with Gasteiger partial charge in [-0.3, -0.25) is 4.79 Å². The number of primary amides is 1. The first-order valence-corrected chi connectivity index (χ1v) is 6.77. The monoisotopic (exact) mass is 267 g/mol. The molecule has 0 aromatic heterocycles. The molecule has 0 spiro atoms. The minimum absolute atomic E-state index is 0.268. The third kappa shape index (κ3) is 4.16. The molecule has 1 aromatic carbocycles. The van der Waals surface area contributed by atoms with Gasteiger partial charge >= 0.3 is 0 Å². The second kappa shape index (κ2) is 5.62. The summed E-state index contributed by atoms with van der Waals surface area (Å²) in [5, 5.41) is 8.61. The Hall–Kier alpha value is -1.91. The Kier molecular flexibility index (Phi) is 4.42. The number of nitrogens with two attached hydrogens (primary N) is 1. The van der Waals surface area contributed by atoms with E-state index >= 15 is 0 Å². The lowest BCUT2D eigenvalue weighted by Gasteiger charge is -2.10. The molecule has 0 fully saturated rings. The number of carbonyl (C=O) groups is 1. The van der Waals surface area contributed by atoms with Crippen molar-refractivity contribution in [2.24, 2.45) is 5.73 Å². The number of nitrogens with one attached hydrogen (secondary N) is 1. The summed E-state index contributed by atoms with van der Waals surface area (Å²) in [6, 6.07) is 7.14. The molecule has 0 radical (unpaired) electrons. The zero-order valence-electron chi connectivity index (χ0n) is 9.75. The van der Waals surface area contributed by atoms with Gasteiger partial charge in [-0.1, -0.05) is 12.1 Å². The van der Waals surface area contributed by atoms with Crippen molar-refractivity contribution in [3.05, 3.63) is 35.4 Å². The molecule has 1 amide bonds. The molecule has 0 aliphatic rings. The van der Waals surface area contributed by atoms with Crippen LogP contribution in [0.5, 0.6) is 0 Å². The van der Waals surface area contributed by atoms with E-state index in [1.165, 1.54) is 19.1 Å². The van der Waals surface area contributed by atoms with Gasteiger partial charge in [0.25, 0.3) is 0 Å². The average molecular weight is 267 g/mol. The SMILES string of the molecule is C[C@H](NS(=O)(=O)Cc1ccc(C#N)cc1)C(N)=O. The maximum Gasteiger partial charge on any atom is 0.235 e. The van der Waals surface area contributed by atoms with E-state index in [9.17, 15) is 13.2 Å². The van der Waals surface area contributed by atoms with E-state index in [0.29, 0.717) is 11.1 Å². The molecule has 3 N–H and O–H groups in total. The van der Waals surface area contributed by atoms with Gasteiger partial charge in [0, 0.05) is 0 Å². The Balaban J connectivity index is 2.76. The van der Waals surface area contributed by atoms with Gasteiger partial charge in [-0.15, -0.1) is 0 Å². The van der Waals surface area contributed by atoms with E-state index in [1.54, 1.807) is 12.1 Å². The van der Waals surface area contributed by atoms with Crippen LogP contribution >= 0.6 is 0 Å². The van der Waals surface area contributed by atoms with Crippen molar-refractivity contribution in [2.75, 3.05) is 0 Å². The van der Waals surface area contributed by atoms with Crippen LogP contribution in [0, 0.1) is 11.3 Å². The number of nitriles is 1. The molecule has 1 aromatic rings. The Morgan fingerprint density at radius 3 is 2.44 bits per heavy atom. The molecule has 0 saturated heterocycles. The van der Waals surface area contributed by atoms with E-state index in [2.05, 4.69) is 4.72 Å². The highest BCUT2D eigenvalue weighted by molar-refractivity contribution is 7.88. The third-order valence-electron chi connectivity index (χ3n) is 2.22. The number of hydrogen-bond acceptors (Lipinski definition) is 4. The number of amides is 1. The summed E-state index contributed by atoms with van der Waals surface area (Å²) in [5.74, 6) is -1.01. The van der Waals surface area contributed by atoms with E-state index in [-0.39, 0.29) is 5.75 Å². The van der Waals surface area contributed by atoms with Crippen molar-refractivity contribution >= 4 is 15.9 Å². The molecular formula is C11H13N3O3S. The molecule has 18 heavy (non-hydrogen) atoms. The third-order valence-corrected chi connectivity index (χ3v) is 3.65. The first kappa shape index (κ1) is 14.2. The quantitative estimate of drug-likeness (QED) is 0.772. The van der Waals surface area contributed by atoms with Gasteiger partial charge in [-0.2, -0.15) is 5.26 Å². The molecule has 0 unspecified atom stereocenters. The highest BCUT2D eigenvalue weighted by atomic mass is 32.2. The molecule has 1 atom stereocenters. The van der Waals surface area contributed by atoms with Gasteiger partial charge in [0.05, 0.1) is 23.4 Å². The van der Waals surface area contributed by atoms with E-state index in [1.807, 2.05) is 6.07 Å². The molecule has 96 valence electrons. The summed E-state index contributed by atoms with van der Waals surface area (Å²) in [6.45, 7) is 1.37. The molecule has 0 aliphatic carbocycles. The van der Waals surface area contributed by atoms with Crippen LogP contribution in [0.2, 0.25) is 0 Å². The van der Waals surface area contributed by atoms with Crippen LogP contribution < -0.4 is 10.5 Å². The van der Waals surface area contributed by atoms with Gasteiger partial charge < -0.3 is 5.73 Å². The second-order valence-corrected chi connectivity index (χ2v) is 5.56. The lowest BCUT2D eigenvalue weighted by Crippen LogP contribution is -2.42. The van der Waals surface area contributed by atoms with Gasteiger partial charge in [0.1, 0.15) is 0 Å². The Labute approximate surface area is 105 Å². The van der Waals surface area contributed by atoms with Crippen LogP contribution in [0.1, 0.15) is 18.1 Å². The first-order valence-electron chi connectivity index (χ1n) is 5.12. The fourth-order valence-electron chi connectivity index (χ4n) is 1.26. The summed E-state index contributed by atoms with van der Waals surface area (Å²) >= 11 is 0. The minimum atomic E-state index is -3.63. The van der Waals surface area contributed by atoms with Crippen LogP contribution in [0.15, 0.2) is 24.3 Å². The number of benzene rings is 1. The van der Waals surface area contributed by atoms with Crippen molar-refractivity contribution in [3.63, 3.8) is 0 Å². The van der Waals surface area contributed by atoms with Crippen molar-refractivity contribution in [3.8, 4) is 6.07 Å². The fraction of sp³-hybridized carbons (Fsp3) is 0.273. The lowest BCUT2D eigenvalue weighted by molar-refractivity contribution is -0.119. The predicted octanol–water partition coefficient (Wildman–Crippen LogP) is -0.149. The lowest BCUT2D eigenvalue weighted by atomic mass is 10.2. The zero-order valence-corrected chi connectivity index (χ0v) is 10.6. The highest BCUT2D eigenvalue weighted by Gasteiger charge is 2.18. The smallest absolute Gasteiger partial charge is 0.235 e. The van der Waals surface area contributed by atoms with Gasteiger partial charge in [0.15, 0.2) is 0 Å². The maximum atomic E-state index is 11.7. The van der Waals surface area contributed by atoms with Gasteiger partial charge in [-0.25, -0.2) is 13.1 Å². The zero-order chi connectivity index (χ0) is 13.8. The average Bonchev–Trinajstić information content (AvgIpc) is 2.28. The number of carbonyl (C=O) groups excluding carboxylic acids is 1. The van der Waals surface area contributed by atoms with Crippen molar-refractivity contribution in [2.45, 2.75) is 18.7 Å². The number of hydrogen-bond donors (Lipinski definition) is 2. The van der Waals surface area contributed by atoms with E-state index < -0.39 is 22.0 Å². The van der Waals surface area contributed by atoms with Crippen LogP contribution in [0.4, 0.5) is 0 Å². The predicted molar refractivity (Wildman–Crippen MR) is 65.6 cm³/mol. The molecule has 0 aliphatic heterocycles. The number of nitrogens with zero attached hydrogens (tertiary/aromatic N) is 1. The summed E-state index contributed by atoms with van der Waals surface area (Å²) < 4.78 is 25.5. The van der Waals surface area contributed by atoms with Gasteiger partial charge in [-0.05, 0) is 24.6 Å². The highest BCUT2D eigenvalue weighted by Crippen LogP contribution is 2.07. The number of rotatable bonds is 5. The standard InChI is InChI=1S/C11H13N3O3S/c1-8(11(13)15)14-18(16,17)7-10-4-2-9(6-12)3-5-10/h2-5,8,14H,7H2,1H3,(H2,13,15)/t8-/m0/s1. The largest absolute Gasteiger partial charge is 0.368 e. The van der Waals surface area contributed by atoms with Crippen molar-refractivity contribution < 1.29 is 13.2 Å². The molecule has 6 nitrogen and oxygen atoms in total. The van der Waals surface area contributed by atoms with Crippen LogP contribution in [0.3, 0.4) is 0 Å². The Morgan fingerprint density at radius 1 is 1.44 bits per heavy atom. The molecule has 7 heteroatoms.